The summed E-state index contributed by atoms with van der Waals surface area (Å²) in [5.74, 6) is 1.04. The van der Waals surface area contributed by atoms with E-state index in [1.165, 1.54) is 18.2 Å². The molecule has 0 saturated heterocycles. The minimum atomic E-state index is -0.549. The molecular weight excluding hydrogens is 517 g/mol. The van der Waals surface area contributed by atoms with Crippen molar-refractivity contribution in [2.75, 3.05) is 12.4 Å². The summed E-state index contributed by atoms with van der Waals surface area (Å²) in [6, 6.07) is 24.9. The minimum absolute atomic E-state index is 0.0634. The number of hydrogen-bond donors (Lipinski definition) is 1. The first-order valence-corrected chi connectivity index (χ1v) is 12.8. The number of ether oxygens (including phenoxy) is 1. The number of urea groups is 1. The van der Waals surface area contributed by atoms with Gasteiger partial charge in [0.05, 0.1) is 41.8 Å². The van der Waals surface area contributed by atoms with Crippen LogP contribution in [0.5, 0.6) is 5.75 Å². The Morgan fingerprint density at radius 1 is 1.05 bits per heavy atom. The van der Waals surface area contributed by atoms with E-state index < -0.39 is 11.9 Å². The topological polar surface area (TPSA) is 64.3 Å². The molecule has 0 spiro atoms. The van der Waals surface area contributed by atoms with Crippen LogP contribution in [0.15, 0.2) is 91.1 Å². The highest BCUT2D eigenvalue weighted by atomic mass is 35.5. The van der Waals surface area contributed by atoms with Gasteiger partial charge >= 0.3 is 6.03 Å². The molecule has 9 heteroatoms. The number of para-hydroxylation sites is 1. The Kier molecular flexibility index (Phi) is 6.32. The number of carbonyl (C=O) groups excluding carboxylic acids is 1. The van der Waals surface area contributed by atoms with Gasteiger partial charge in [0, 0.05) is 17.4 Å². The zero-order valence-corrected chi connectivity index (χ0v) is 22.1. The molecule has 0 radical (unpaired) electrons. The second kappa shape index (κ2) is 9.96. The first-order chi connectivity index (χ1) is 18.9. The number of hydrogen-bond acceptors (Lipinski definition) is 3. The van der Waals surface area contributed by atoms with Gasteiger partial charge in [-0.25, -0.2) is 13.9 Å². The van der Waals surface area contributed by atoms with Crippen molar-refractivity contribution in [3.8, 4) is 17.3 Å². The third kappa shape index (κ3) is 4.42. The van der Waals surface area contributed by atoms with Gasteiger partial charge in [-0.2, -0.15) is 5.10 Å². The van der Waals surface area contributed by atoms with Crippen LogP contribution in [0.2, 0.25) is 5.02 Å². The van der Waals surface area contributed by atoms with Crippen LogP contribution in [0, 0.1) is 12.7 Å². The fraction of sp³-hybridized carbons (Fsp3) is 0.133. The van der Waals surface area contributed by atoms with Crippen molar-refractivity contribution in [1.82, 2.24) is 19.2 Å². The summed E-state index contributed by atoms with van der Waals surface area (Å²) in [6.45, 7) is 2.23. The molecule has 3 aromatic carbocycles. The number of amides is 2. The summed E-state index contributed by atoms with van der Waals surface area (Å²) < 4.78 is 23.2. The fourth-order valence-electron chi connectivity index (χ4n) is 5.06. The number of rotatable bonds is 4. The van der Waals surface area contributed by atoms with Crippen molar-refractivity contribution in [3.63, 3.8) is 0 Å². The van der Waals surface area contributed by atoms with Crippen LogP contribution in [-0.4, -0.2) is 32.4 Å². The van der Waals surface area contributed by atoms with Gasteiger partial charge in [0.25, 0.3) is 0 Å². The van der Waals surface area contributed by atoms with E-state index in [4.69, 9.17) is 21.4 Å². The second-order valence-electron chi connectivity index (χ2n) is 9.30. The highest BCUT2D eigenvalue weighted by molar-refractivity contribution is 6.31. The molecule has 1 atom stereocenters. The smallest absolute Gasteiger partial charge is 0.322 e. The molecule has 0 bridgehead atoms. The Balaban J connectivity index is 1.52. The molecule has 3 heterocycles. The number of halogens is 2. The zero-order valence-electron chi connectivity index (χ0n) is 21.3. The van der Waals surface area contributed by atoms with E-state index in [9.17, 15) is 9.18 Å². The Labute approximate surface area is 230 Å². The molecular formula is C30H25ClFN5O2. The number of aromatic nitrogens is 3. The molecule has 1 unspecified atom stereocenters. The quantitative estimate of drug-likeness (QED) is 0.269. The van der Waals surface area contributed by atoms with E-state index in [1.54, 1.807) is 12.0 Å². The zero-order chi connectivity index (χ0) is 27.1. The summed E-state index contributed by atoms with van der Waals surface area (Å²) in [5.41, 5.74) is 4.84. The standard InChI is InChI=1S/C30H25ClFN5O2/c1-19-24-18-36(30(38)33-21-12-15-26(32)25(31)17-21)28(20-10-13-23(39-2)14-11-20)27-9-6-16-35(27)29(24)37(34-19)22-7-4-3-5-8-22/h3-17,28H,18H2,1-2H3,(H,33,38). The Hall–Kier alpha value is -4.56. The SMILES string of the molecule is COc1ccc(C2c3cccn3-c3c(c(C)nn3-c3ccccc3)CN2C(=O)Nc2ccc(F)c(Cl)c2)cc1. The van der Waals surface area contributed by atoms with Gasteiger partial charge < -0.3 is 19.5 Å². The van der Waals surface area contributed by atoms with Crippen LogP contribution < -0.4 is 10.1 Å². The molecule has 2 aromatic heterocycles. The highest BCUT2D eigenvalue weighted by Gasteiger charge is 2.36. The van der Waals surface area contributed by atoms with Crippen molar-refractivity contribution >= 4 is 23.3 Å². The molecule has 196 valence electrons. The molecule has 6 rings (SSSR count). The van der Waals surface area contributed by atoms with Crippen molar-refractivity contribution < 1.29 is 13.9 Å². The van der Waals surface area contributed by atoms with Crippen molar-refractivity contribution in [3.05, 3.63) is 124 Å². The summed E-state index contributed by atoms with van der Waals surface area (Å²) in [4.78, 5) is 15.7. The van der Waals surface area contributed by atoms with Crippen LogP contribution in [-0.2, 0) is 6.54 Å². The Morgan fingerprint density at radius 3 is 2.54 bits per heavy atom. The molecule has 39 heavy (non-hydrogen) atoms. The third-order valence-electron chi connectivity index (χ3n) is 6.95. The fourth-order valence-corrected chi connectivity index (χ4v) is 5.24. The van der Waals surface area contributed by atoms with Gasteiger partial charge in [-0.05, 0) is 67.1 Å². The summed E-state index contributed by atoms with van der Waals surface area (Å²) in [6.07, 6.45) is 1.99. The molecule has 1 aliphatic heterocycles. The number of nitrogens with zero attached hydrogens (tertiary/aromatic N) is 4. The predicted molar refractivity (Wildman–Crippen MR) is 148 cm³/mol. The van der Waals surface area contributed by atoms with Gasteiger partial charge in [0.1, 0.15) is 17.4 Å². The number of anilines is 1. The maximum atomic E-state index is 14.0. The van der Waals surface area contributed by atoms with E-state index >= 15 is 0 Å². The maximum absolute atomic E-state index is 14.0. The molecule has 5 aromatic rings. The van der Waals surface area contributed by atoms with Crippen LogP contribution in [0.25, 0.3) is 11.5 Å². The predicted octanol–water partition coefficient (Wildman–Crippen LogP) is 6.91. The van der Waals surface area contributed by atoms with Crippen LogP contribution in [0.4, 0.5) is 14.9 Å². The molecule has 7 nitrogen and oxygen atoms in total. The van der Waals surface area contributed by atoms with E-state index in [0.29, 0.717) is 5.69 Å². The monoisotopic (exact) mass is 541 g/mol. The molecule has 0 aliphatic carbocycles. The summed E-state index contributed by atoms with van der Waals surface area (Å²) in [5, 5.41) is 7.72. The second-order valence-corrected chi connectivity index (χ2v) is 9.71. The first-order valence-electron chi connectivity index (χ1n) is 12.4. The van der Waals surface area contributed by atoms with Gasteiger partial charge in [0.15, 0.2) is 0 Å². The number of benzene rings is 3. The number of fused-ring (bicyclic) bond motifs is 3. The first kappa shape index (κ1) is 24.8. The number of nitrogens with one attached hydrogen (secondary N) is 1. The lowest BCUT2D eigenvalue weighted by Gasteiger charge is -2.31. The average Bonchev–Trinajstić information content (AvgIpc) is 3.51. The Bertz CT molecular complexity index is 1660. The van der Waals surface area contributed by atoms with Crippen LogP contribution >= 0.6 is 11.6 Å². The third-order valence-corrected chi connectivity index (χ3v) is 7.24. The van der Waals surface area contributed by atoms with E-state index in [1.807, 2.05) is 84.5 Å². The van der Waals surface area contributed by atoms with E-state index in [2.05, 4.69) is 9.88 Å². The normalized spacial score (nSPS) is 14.4. The average molecular weight is 542 g/mol. The molecule has 0 fully saturated rings. The lowest BCUT2D eigenvalue weighted by molar-refractivity contribution is 0.194. The maximum Gasteiger partial charge on any atom is 0.322 e. The Morgan fingerprint density at radius 2 is 1.82 bits per heavy atom. The number of carbonyl (C=O) groups is 1. The van der Waals surface area contributed by atoms with Crippen LogP contribution in [0.3, 0.4) is 0 Å². The molecule has 1 N–H and O–H groups in total. The van der Waals surface area contributed by atoms with Crippen molar-refractivity contribution in [1.29, 1.82) is 0 Å². The summed E-state index contributed by atoms with van der Waals surface area (Å²) >= 11 is 6.00. The largest absolute Gasteiger partial charge is 0.497 e. The van der Waals surface area contributed by atoms with E-state index in [-0.39, 0.29) is 17.6 Å². The number of methoxy groups -OCH3 is 1. The molecule has 2 amide bonds. The lowest BCUT2D eigenvalue weighted by Crippen LogP contribution is -2.38. The number of aryl methyl sites for hydroxylation is 1. The van der Waals surface area contributed by atoms with Crippen LogP contribution in [0.1, 0.15) is 28.6 Å². The molecule has 0 saturated carbocycles. The summed E-state index contributed by atoms with van der Waals surface area (Å²) in [7, 11) is 1.62. The minimum Gasteiger partial charge on any atom is -0.497 e. The molecule has 1 aliphatic rings. The van der Waals surface area contributed by atoms with Gasteiger partial charge in [-0.1, -0.05) is 41.9 Å². The van der Waals surface area contributed by atoms with Crippen molar-refractivity contribution in [2.45, 2.75) is 19.5 Å². The van der Waals surface area contributed by atoms with Gasteiger partial charge in [0.2, 0.25) is 0 Å². The highest BCUT2D eigenvalue weighted by Crippen LogP contribution is 2.39. The van der Waals surface area contributed by atoms with Gasteiger partial charge in [-0.15, -0.1) is 0 Å². The lowest BCUT2D eigenvalue weighted by atomic mass is 10.0. The van der Waals surface area contributed by atoms with E-state index in [0.717, 1.165) is 39.8 Å². The van der Waals surface area contributed by atoms with Gasteiger partial charge in [-0.3, -0.25) is 0 Å². The van der Waals surface area contributed by atoms with Crippen molar-refractivity contribution in [2.24, 2.45) is 0 Å².